The second kappa shape index (κ2) is 5.76. The Morgan fingerprint density at radius 1 is 1.55 bits per heavy atom. The number of nitrogen functional groups attached to an aromatic ring is 1. The molecule has 8 heteroatoms. The van der Waals surface area contributed by atoms with Crippen LogP contribution in [0.15, 0.2) is 0 Å². The molecule has 2 rings (SSSR count). The fraction of sp³-hybridized carbons (Fsp3) is 0.583. The minimum absolute atomic E-state index is 0.133. The zero-order valence-electron chi connectivity index (χ0n) is 11.3. The molecule has 1 aromatic heterocycles. The van der Waals surface area contributed by atoms with Crippen LogP contribution < -0.4 is 5.73 Å². The van der Waals surface area contributed by atoms with Gasteiger partial charge in [-0.05, 0) is 13.8 Å². The molecular weight excluding hydrogens is 282 g/mol. The molecule has 20 heavy (non-hydrogen) atoms. The molecule has 1 saturated heterocycles. The lowest BCUT2D eigenvalue weighted by Crippen LogP contribution is -2.46. The number of aromatic nitrogens is 1. The summed E-state index contributed by atoms with van der Waals surface area (Å²) in [6.07, 6.45) is 0. The molecule has 1 aliphatic rings. The first-order valence-corrected chi connectivity index (χ1v) is 7.11. The summed E-state index contributed by atoms with van der Waals surface area (Å²) in [6.45, 7) is 4.31. The van der Waals surface area contributed by atoms with Gasteiger partial charge in [-0.25, -0.2) is 4.98 Å². The molecule has 2 unspecified atom stereocenters. The van der Waals surface area contributed by atoms with Gasteiger partial charge < -0.3 is 20.5 Å². The third kappa shape index (κ3) is 2.61. The van der Waals surface area contributed by atoms with Crippen LogP contribution in [0.2, 0.25) is 0 Å². The second-order valence-corrected chi connectivity index (χ2v) is 5.64. The molecule has 2 heterocycles. The number of amides is 1. The van der Waals surface area contributed by atoms with Gasteiger partial charge in [-0.2, -0.15) is 0 Å². The van der Waals surface area contributed by atoms with Crippen molar-refractivity contribution in [3.63, 3.8) is 0 Å². The van der Waals surface area contributed by atoms with Crippen LogP contribution >= 0.6 is 11.3 Å². The van der Waals surface area contributed by atoms with E-state index in [9.17, 15) is 14.7 Å². The standard InChI is InChI=1S/C12H17N3O4S/c1-3-15(8-5-19-4-7(8)11(17)18)10(16)9-6(2)14-12(13)20-9/h7-8H,3-5H2,1-2H3,(H2,13,14)(H,17,18). The van der Waals surface area contributed by atoms with Gasteiger partial charge in [0.2, 0.25) is 0 Å². The van der Waals surface area contributed by atoms with Crippen molar-refractivity contribution in [2.45, 2.75) is 19.9 Å². The molecule has 0 bridgehead atoms. The number of ether oxygens (including phenoxy) is 1. The minimum Gasteiger partial charge on any atom is -0.481 e. The molecule has 1 aromatic rings. The van der Waals surface area contributed by atoms with E-state index in [1.165, 1.54) is 4.90 Å². The van der Waals surface area contributed by atoms with E-state index in [1.54, 1.807) is 6.92 Å². The molecule has 3 N–H and O–H groups in total. The molecule has 2 atom stereocenters. The number of carboxylic acids is 1. The maximum Gasteiger partial charge on any atom is 0.311 e. The molecule has 0 aromatic carbocycles. The molecule has 1 fully saturated rings. The summed E-state index contributed by atoms with van der Waals surface area (Å²) >= 11 is 1.12. The number of aliphatic carboxylic acids is 1. The number of rotatable bonds is 4. The molecule has 7 nitrogen and oxygen atoms in total. The highest BCUT2D eigenvalue weighted by Crippen LogP contribution is 2.26. The van der Waals surface area contributed by atoms with Crippen molar-refractivity contribution in [1.82, 2.24) is 9.88 Å². The van der Waals surface area contributed by atoms with E-state index in [0.717, 1.165) is 11.3 Å². The van der Waals surface area contributed by atoms with Crippen LogP contribution in [0, 0.1) is 12.8 Å². The number of thiazole rings is 1. The Morgan fingerprint density at radius 2 is 2.25 bits per heavy atom. The van der Waals surface area contributed by atoms with Crippen LogP contribution in [-0.4, -0.2) is 52.7 Å². The highest BCUT2D eigenvalue weighted by atomic mass is 32.1. The number of carboxylic acid groups (broad SMARTS) is 1. The zero-order valence-corrected chi connectivity index (χ0v) is 12.1. The average molecular weight is 299 g/mol. The highest BCUT2D eigenvalue weighted by molar-refractivity contribution is 7.17. The predicted molar refractivity (Wildman–Crippen MR) is 73.7 cm³/mol. The number of carbonyl (C=O) groups is 2. The maximum atomic E-state index is 12.6. The Balaban J connectivity index is 2.26. The lowest BCUT2D eigenvalue weighted by atomic mass is 10.0. The van der Waals surface area contributed by atoms with Crippen molar-refractivity contribution in [2.75, 3.05) is 25.5 Å². The first-order chi connectivity index (χ1) is 9.45. The summed E-state index contributed by atoms with van der Waals surface area (Å²) in [5.74, 6) is -1.87. The number of nitrogens with zero attached hydrogens (tertiary/aromatic N) is 2. The summed E-state index contributed by atoms with van der Waals surface area (Å²) in [5, 5.41) is 9.52. The summed E-state index contributed by atoms with van der Waals surface area (Å²) in [7, 11) is 0. The Labute approximate surface area is 120 Å². The third-order valence-corrected chi connectivity index (χ3v) is 4.35. The summed E-state index contributed by atoms with van der Waals surface area (Å²) in [4.78, 5) is 29.8. The number of anilines is 1. The van der Waals surface area contributed by atoms with Crippen molar-refractivity contribution in [1.29, 1.82) is 0 Å². The van der Waals surface area contributed by atoms with E-state index in [2.05, 4.69) is 4.98 Å². The van der Waals surface area contributed by atoms with E-state index >= 15 is 0 Å². The zero-order chi connectivity index (χ0) is 14.9. The Bertz CT molecular complexity index is 531. The van der Waals surface area contributed by atoms with Gasteiger partial charge in [-0.1, -0.05) is 11.3 Å². The van der Waals surface area contributed by atoms with Gasteiger partial charge in [0.25, 0.3) is 5.91 Å². The van der Waals surface area contributed by atoms with Crippen molar-refractivity contribution in [3.05, 3.63) is 10.6 Å². The van der Waals surface area contributed by atoms with Gasteiger partial charge in [0.05, 0.1) is 24.9 Å². The Hall–Kier alpha value is -1.67. The van der Waals surface area contributed by atoms with Gasteiger partial charge in [0.1, 0.15) is 10.8 Å². The minimum atomic E-state index is -0.945. The lowest BCUT2D eigenvalue weighted by molar-refractivity contribution is -0.142. The van der Waals surface area contributed by atoms with Crippen LogP contribution in [0.4, 0.5) is 5.13 Å². The first kappa shape index (κ1) is 14.7. The van der Waals surface area contributed by atoms with Crippen molar-refractivity contribution < 1.29 is 19.4 Å². The van der Waals surface area contributed by atoms with Gasteiger partial charge in [0, 0.05) is 6.54 Å². The summed E-state index contributed by atoms with van der Waals surface area (Å²) in [5.41, 5.74) is 6.18. The molecule has 0 aliphatic carbocycles. The largest absolute Gasteiger partial charge is 0.481 e. The van der Waals surface area contributed by atoms with Gasteiger partial charge in [0.15, 0.2) is 5.13 Å². The topological polar surface area (TPSA) is 106 Å². The van der Waals surface area contributed by atoms with Crippen LogP contribution in [0.5, 0.6) is 0 Å². The number of nitrogens with two attached hydrogens (primary N) is 1. The van der Waals surface area contributed by atoms with Gasteiger partial charge >= 0.3 is 5.97 Å². The quantitative estimate of drug-likeness (QED) is 0.843. The van der Waals surface area contributed by atoms with Crippen molar-refractivity contribution in [3.8, 4) is 0 Å². The average Bonchev–Trinajstić information content (AvgIpc) is 2.97. The van der Waals surface area contributed by atoms with E-state index in [1.807, 2.05) is 6.92 Å². The van der Waals surface area contributed by atoms with Crippen molar-refractivity contribution >= 4 is 28.3 Å². The SMILES string of the molecule is CCN(C(=O)c1sc(N)nc1C)C1COCC1C(=O)O. The Morgan fingerprint density at radius 3 is 2.75 bits per heavy atom. The fourth-order valence-corrected chi connectivity index (χ4v) is 3.15. The Kier molecular flexibility index (Phi) is 4.24. The smallest absolute Gasteiger partial charge is 0.311 e. The van der Waals surface area contributed by atoms with Crippen LogP contribution in [0.3, 0.4) is 0 Å². The normalized spacial score (nSPS) is 21.9. The number of hydrogen-bond donors (Lipinski definition) is 2. The maximum absolute atomic E-state index is 12.6. The molecular formula is C12H17N3O4S. The summed E-state index contributed by atoms with van der Waals surface area (Å²) in [6, 6.07) is -0.451. The van der Waals surface area contributed by atoms with Crippen LogP contribution in [-0.2, 0) is 9.53 Å². The second-order valence-electron chi connectivity index (χ2n) is 4.61. The monoisotopic (exact) mass is 299 g/mol. The van der Waals surface area contributed by atoms with E-state index in [4.69, 9.17) is 10.5 Å². The van der Waals surface area contributed by atoms with E-state index < -0.39 is 17.9 Å². The lowest BCUT2D eigenvalue weighted by Gasteiger charge is -2.29. The van der Waals surface area contributed by atoms with E-state index in [0.29, 0.717) is 22.2 Å². The molecule has 1 aliphatic heterocycles. The highest BCUT2D eigenvalue weighted by Gasteiger charge is 2.40. The molecule has 0 radical (unpaired) electrons. The van der Waals surface area contributed by atoms with E-state index in [-0.39, 0.29) is 19.1 Å². The molecule has 0 saturated carbocycles. The molecule has 1 amide bonds. The first-order valence-electron chi connectivity index (χ1n) is 6.30. The third-order valence-electron chi connectivity index (χ3n) is 3.38. The number of hydrogen-bond acceptors (Lipinski definition) is 6. The van der Waals surface area contributed by atoms with Crippen molar-refractivity contribution in [2.24, 2.45) is 5.92 Å². The fourth-order valence-electron chi connectivity index (χ4n) is 2.36. The van der Waals surface area contributed by atoms with Gasteiger partial charge in [-0.15, -0.1) is 0 Å². The van der Waals surface area contributed by atoms with Crippen LogP contribution in [0.25, 0.3) is 0 Å². The molecule has 110 valence electrons. The van der Waals surface area contributed by atoms with Gasteiger partial charge in [-0.3, -0.25) is 9.59 Å². The number of carbonyl (C=O) groups excluding carboxylic acids is 1. The molecule has 0 spiro atoms. The predicted octanol–water partition coefficient (Wildman–Crippen LogP) is 0.595. The summed E-state index contributed by atoms with van der Waals surface area (Å²) < 4.78 is 5.22. The number of likely N-dealkylation sites (N-methyl/N-ethyl adjacent to an activating group) is 1. The van der Waals surface area contributed by atoms with Crippen LogP contribution in [0.1, 0.15) is 22.3 Å². The number of aryl methyl sites for hydroxylation is 1.